The maximum Gasteiger partial charge on any atom is 0.152 e. The number of sulfone groups is 1. The van der Waals surface area contributed by atoms with E-state index in [4.69, 9.17) is 0 Å². The third-order valence-corrected chi connectivity index (χ3v) is 4.65. The van der Waals surface area contributed by atoms with Crippen LogP contribution in [-0.4, -0.2) is 43.2 Å². The molecule has 1 spiro atoms. The molecule has 0 aromatic carbocycles. The lowest BCUT2D eigenvalue weighted by Gasteiger charge is -2.25. The summed E-state index contributed by atoms with van der Waals surface area (Å²) in [6.45, 7) is 0.733. The fourth-order valence-electron chi connectivity index (χ4n) is 2.13. The van der Waals surface area contributed by atoms with Crippen LogP contribution in [0.3, 0.4) is 0 Å². The van der Waals surface area contributed by atoms with Gasteiger partial charge in [-0.2, -0.15) is 0 Å². The Morgan fingerprint density at radius 3 is 2.54 bits per heavy atom. The zero-order valence-corrected chi connectivity index (χ0v) is 8.83. The Bertz CT molecular complexity index is 292. The Hall–Kier alpha value is 0.160. The number of rotatable bonds is 0. The van der Waals surface area contributed by atoms with Crippen LogP contribution in [0.1, 0.15) is 12.8 Å². The third kappa shape index (κ3) is 1.83. The summed E-state index contributed by atoms with van der Waals surface area (Å²) in [6.07, 6.45) is 0.765. The van der Waals surface area contributed by atoms with Gasteiger partial charge in [0.2, 0.25) is 0 Å². The van der Waals surface area contributed by atoms with Gasteiger partial charge in [-0.3, -0.25) is 0 Å². The lowest BCUT2D eigenvalue weighted by atomic mass is 9.94. The van der Waals surface area contributed by atoms with Crippen LogP contribution in [0.15, 0.2) is 0 Å². The molecule has 0 aromatic rings. The van der Waals surface area contributed by atoms with Crippen molar-refractivity contribution in [2.45, 2.75) is 24.5 Å². The normalized spacial score (nSPS) is 42.1. The van der Waals surface area contributed by atoms with Crippen molar-refractivity contribution >= 4 is 22.2 Å². The summed E-state index contributed by atoms with van der Waals surface area (Å²) in [5.74, 6) is 0.332. The smallest absolute Gasteiger partial charge is 0.152 e. The Labute approximate surface area is 84.0 Å². The van der Waals surface area contributed by atoms with Gasteiger partial charge in [0.15, 0.2) is 9.84 Å². The zero-order chi connectivity index (χ0) is 8.82. The van der Waals surface area contributed by atoms with Crippen molar-refractivity contribution < 1.29 is 13.5 Å². The second-order valence-electron chi connectivity index (χ2n) is 3.73. The summed E-state index contributed by atoms with van der Waals surface area (Å²) in [4.78, 5) is 0. The average Bonchev–Trinajstić information content (AvgIpc) is 2.43. The standard InChI is InChI=1S/C7H13NO3S.ClH/c9-6-1-3-8-7(6)2-4-12(10,11)5-7;/h6,8-9H,1-5H2;1H. The van der Waals surface area contributed by atoms with Gasteiger partial charge in [0.1, 0.15) is 0 Å². The molecule has 2 rings (SSSR count). The van der Waals surface area contributed by atoms with E-state index in [1.165, 1.54) is 0 Å². The van der Waals surface area contributed by atoms with Gasteiger partial charge in [0.05, 0.1) is 23.1 Å². The molecule has 2 unspecified atom stereocenters. The number of aliphatic hydroxyl groups excluding tert-OH is 1. The van der Waals surface area contributed by atoms with Crippen LogP contribution < -0.4 is 5.32 Å². The quantitative estimate of drug-likeness (QED) is 0.576. The highest BCUT2D eigenvalue weighted by atomic mass is 35.5. The molecule has 13 heavy (non-hydrogen) atoms. The highest BCUT2D eigenvalue weighted by molar-refractivity contribution is 7.91. The summed E-state index contributed by atoms with van der Waals surface area (Å²) in [5.41, 5.74) is -0.501. The van der Waals surface area contributed by atoms with Gasteiger partial charge in [0, 0.05) is 0 Å². The molecular weight excluding hydrogens is 214 g/mol. The van der Waals surface area contributed by atoms with Crippen molar-refractivity contribution in [3.8, 4) is 0 Å². The number of aliphatic hydroxyl groups is 1. The monoisotopic (exact) mass is 227 g/mol. The van der Waals surface area contributed by atoms with E-state index in [0.717, 1.165) is 6.54 Å². The molecule has 2 heterocycles. The Morgan fingerprint density at radius 2 is 2.15 bits per heavy atom. The molecule has 78 valence electrons. The van der Waals surface area contributed by atoms with Crippen molar-refractivity contribution in [2.24, 2.45) is 0 Å². The van der Waals surface area contributed by atoms with Gasteiger partial charge in [-0.15, -0.1) is 12.4 Å². The summed E-state index contributed by atoms with van der Waals surface area (Å²) in [5, 5.41) is 12.7. The number of halogens is 1. The molecule has 0 saturated carbocycles. The number of hydrogen-bond donors (Lipinski definition) is 2. The molecule has 4 nitrogen and oxygen atoms in total. The van der Waals surface area contributed by atoms with Crippen LogP contribution in [0.5, 0.6) is 0 Å². The van der Waals surface area contributed by atoms with Crippen LogP contribution in [0.4, 0.5) is 0 Å². The molecule has 0 radical (unpaired) electrons. The topological polar surface area (TPSA) is 66.4 Å². The van der Waals surface area contributed by atoms with Crippen LogP contribution in [0.25, 0.3) is 0 Å². The third-order valence-electron chi connectivity index (χ3n) is 2.87. The Morgan fingerprint density at radius 1 is 1.46 bits per heavy atom. The van der Waals surface area contributed by atoms with E-state index in [2.05, 4.69) is 5.32 Å². The van der Waals surface area contributed by atoms with Crippen LogP contribution in [0.2, 0.25) is 0 Å². The molecule has 6 heteroatoms. The van der Waals surface area contributed by atoms with Crippen molar-refractivity contribution in [1.29, 1.82) is 0 Å². The molecule has 0 aliphatic carbocycles. The first-order chi connectivity index (χ1) is 5.54. The first kappa shape index (κ1) is 11.2. The second kappa shape index (κ2) is 3.38. The van der Waals surface area contributed by atoms with Crippen molar-refractivity contribution in [2.75, 3.05) is 18.1 Å². The summed E-state index contributed by atoms with van der Waals surface area (Å²) >= 11 is 0. The van der Waals surface area contributed by atoms with Crippen LogP contribution in [0, 0.1) is 0 Å². The first-order valence-electron chi connectivity index (χ1n) is 4.18. The average molecular weight is 228 g/mol. The maximum atomic E-state index is 11.2. The highest BCUT2D eigenvalue weighted by Gasteiger charge is 2.49. The van der Waals surface area contributed by atoms with Gasteiger partial charge in [-0.05, 0) is 19.4 Å². The minimum Gasteiger partial charge on any atom is -0.391 e. The molecule has 0 amide bonds. The molecule has 2 aliphatic rings. The van der Waals surface area contributed by atoms with Gasteiger partial charge >= 0.3 is 0 Å². The second-order valence-corrected chi connectivity index (χ2v) is 5.91. The van der Waals surface area contributed by atoms with E-state index in [1.807, 2.05) is 0 Å². The SMILES string of the molecule is Cl.O=S1(=O)CCC2(C1)NCCC2O. The molecular formula is C7H14ClNO3S. The fraction of sp³-hybridized carbons (Fsp3) is 1.00. The van der Waals surface area contributed by atoms with Gasteiger partial charge in [-0.1, -0.05) is 0 Å². The minimum atomic E-state index is -2.89. The Balaban J connectivity index is 0.000000845. The highest BCUT2D eigenvalue weighted by Crippen LogP contribution is 2.31. The van der Waals surface area contributed by atoms with Gasteiger partial charge in [0.25, 0.3) is 0 Å². The summed E-state index contributed by atoms with van der Waals surface area (Å²) in [7, 11) is -2.89. The van der Waals surface area contributed by atoms with Gasteiger partial charge < -0.3 is 10.4 Å². The minimum absolute atomic E-state index is 0. The molecule has 0 aromatic heterocycles. The number of nitrogens with one attached hydrogen (secondary N) is 1. The lowest BCUT2D eigenvalue weighted by Crippen LogP contribution is -2.48. The van der Waals surface area contributed by atoms with E-state index in [1.54, 1.807) is 0 Å². The van der Waals surface area contributed by atoms with E-state index in [9.17, 15) is 13.5 Å². The molecule has 2 atom stereocenters. The molecule has 2 N–H and O–H groups in total. The first-order valence-corrected chi connectivity index (χ1v) is 6.00. The predicted molar refractivity (Wildman–Crippen MR) is 51.9 cm³/mol. The van der Waals surface area contributed by atoms with Crippen LogP contribution >= 0.6 is 12.4 Å². The zero-order valence-electron chi connectivity index (χ0n) is 7.19. The summed E-state index contributed by atoms with van der Waals surface area (Å²) in [6, 6.07) is 0. The fourth-order valence-corrected chi connectivity index (χ4v) is 4.17. The molecule has 2 fully saturated rings. The van der Waals surface area contributed by atoms with E-state index in [0.29, 0.717) is 12.8 Å². The predicted octanol–water partition coefficient (Wildman–Crippen LogP) is -0.680. The van der Waals surface area contributed by atoms with E-state index in [-0.39, 0.29) is 23.9 Å². The molecule has 2 aliphatic heterocycles. The van der Waals surface area contributed by atoms with Gasteiger partial charge in [-0.25, -0.2) is 8.42 Å². The van der Waals surface area contributed by atoms with Crippen molar-refractivity contribution in [3.63, 3.8) is 0 Å². The lowest BCUT2D eigenvalue weighted by molar-refractivity contribution is 0.112. The van der Waals surface area contributed by atoms with Crippen molar-refractivity contribution in [1.82, 2.24) is 5.32 Å². The van der Waals surface area contributed by atoms with Crippen LogP contribution in [-0.2, 0) is 9.84 Å². The maximum absolute atomic E-state index is 11.2. The number of hydrogen-bond acceptors (Lipinski definition) is 4. The van der Waals surface area contributed by atoms with E-state index < -0.39 is 21.5 Å². The van der Waals surface area contributed by atoms with E-state index >= 15 is 0 Å². The summed E-state index contributed by atoms with van der Waals surface area (Å²) < 4.78 is 22.4. The Kier molecular flexibility index (Phi) is 2.92. The molecule has 0 bridgehead atoms. The molecule has 2 saturated heterocycles. The van der Waals surface area contributed by atoms with Crippen molar-refractivity contribution in [3.05, 3.63) is 0 Å². The largest absolute Gasteiger partial charge is 0.391 e.